The predicted octanol–water partition coefficient (Wildman–Crippen LogP) is 2.51. The van der Waals surface area contributed by atoms with E-state index in [-0.39, 0.29) is 6.04 Å². The van der Waals surface area contributed by atoms with Gasteiger partial charge in [-0.05, 0) is 45.4 Å². The van der Waals surface area contributed by atoms with Crippen molar-refractivity contribution in [3.63, 3.8) is 0 Å². The zero-order valence-electron chi connectivity index (χ0n) is 11.2. The molecule has 96 valence electrons. The van der Waals surface area contributed by atoms with Crippen LogP contribution in [0.15, 0.2) is 24.3 Å². The summed E-state index contributed by atoms with van der Waals surface area (Å²) in [7, 11) is 0. The van der Waals surface area contributed by atoms with Crippen molar-refractivity contribution in [1.82, 2.24) is 5.32 Å². The molecule has 0 bridgehead atoms. The van der Waals surface area contributed by atoms with Gasteiger partial charge in [-0.2, -0.15) is 0 Å². The molecule has 0 aromatic heterocycles. The lowest BCUT2D eigenvalue weighted by Gasteiger charge is -2.22. The van der Waals surface area contributed by atoms with Gasteiger partial charge in [0.05, 0.1) is 12.2 Å². The second-order valence-electron chi connectivity index (χ2n) is 4.92. The summed E-state index contributed by atoms with van der Waals surface area (Å²) < 4.78 is 5.39. The van der Waals surface area contributed by atoms with Crippen molar-refractivity contribution in [1.29, 1.82) is 0 Å². The number of hydrogen-bond acceptors (Lipinski definition) is 3. The lowest BCUT2D eigenvalue weighted by Crippen LogP contribution is -2.36. The Morgan fingerprint density at radius 3 is 2.35 bits per heavy atom. The quantitative estimate of drug-likeness (QED) is 0.798. The molecule has 17 heavy (non-hydrogen) atoms. The summed E-state index contributed by atoms with van der Waals surface area (Å²) in [5.74, 6) is 0.894. The Kier molecular flexibility index (Phi) is 4.97. The van der Waals surface area contributed by atoms with Gasteiger partial charge in [0.15, 0.2) is 0 Å². The maximum absolute atomic E-state index is 9.65. The number of ether oxygens (including phenoxy) is 1. The molecule has 0 fully saturated rings. The van der Waals surface area contributed by atoms with Gasteiger partial charge in [-0.1, -0.05) is 12.1 Å². The first-order chi connectivity index (χ1) is 7.92. The zero-order valence-corrected chi connectivity index (χ0v) is 11.2. The van der Waals surface area contributed by atoms with Crippen molar-refractivity contribution in [3.05, 3.63) is 29.8 Å². The fourth-order valence-electron chi connectivity index (χ4n) is 1.54. The smallest absolute Gasteiger partial charge is 0.119 e. The standard InChI is InChI=1S/C14H23NO2/c1-5-17-13-8-6-12(7-9-13)11(2)15-10-14(3,4)16/h6-9,11,15-16H,5,10H2,1-4H3. The molecule has 0 aliphatic rings. The normalized spacial score (nSPS) is 13.5. The van der Waals surface area contributed by atoms with E-state index in [0.29, 0.717) is 13.2 Å². The number of hydrogen-bond donors (Lipinski definition) is 2. The molecule has 1 rings (SSSR count). The molecule has 0 aliphatic carbocycles. The fraction of sp³-hybridized carbons (Fsp3) is 0.571. The predicted molar refractivity (Wildman–Crippen MR) is 70.3 cm³/mol. The third kappa shape index (κ3) is 5.20. The molecule has 1 atom stereocenters. The average molecular weight is 237 g/mol. The molecule has 1 unspecified atom stereocenters. The van der Waals surface area contributed by atoms with E-state index in [1.165, 1.54) is 5.56 Å². The van der Waals surface area contributed by atoms with Crippen LogP contribution in [0.25, 0.3) is 0 Å². The van der Waals surface area contributed by atoms with Crippen LogP contribution in [0.2, 0.25) is 0 Å². The molecule has 2 N–H and O–H groups in total. The average Bonchev–Trinajstić information content (AvgIpc) is 2.26. The third-order valence-electron chi connectivity index (χ3n) is 2.53. The molecular formula is C14H23NO2. The molecule has 0 heterocycles. The fourth-order valence-corrected chi connectivity index (χ4v) is 1.54. The molecule has 0 radical (unpaired) electrons. The first kappa shape index (κ1) is 14.0. The largest absolute Gasteiger partial charge is 0.494 e. The Labute approximate surface area is 104 Å². The van der Waals surface area contributed by atoms with E-state index in [0.717, 1.165) is 5.75 Å². The molecule has 3 heteroatoms. The van der Waals surface area contributed by atoms with Gasteiger partial charge in [0, 0.05) is 12.6 Å². The van der Waals surface area contributed by atoms with E-state index in [4.69, 9.17) is 4.74 Å². The van der Waals surface area contributed by atoms with Crippen molar-refractivity contribution in [3.8, 4) is 5.75 Å². The van der Waals surface area contributed by atoms with Crippen LogP contribution < -0.4 is 10.1 Å². The highest BCUT2D eigenvalue weighted by molar-refractivity contribution is 5.28. The van der Waals surface area contributed by atoms with Gasteiger partial charge < -0.3 is 15.2 Å². The lowest BCUT2D eigenvalue weighted by atomic mass is 10.1. The summed E-state index contributed by atoms with van der Waals surface area (Å²) in [5, 5.41) is 12.9. The van der Waals surface area contributed by atoms with Crippen LogP contribution in [0, 0.1) is 0 Å². The second kappa shape index (κ2) is 6.03. The van der Waals surface area contributed by atoms with Crippen molar-refractivity contribution < 1.29 is 9.84 Å². The van der Waals surface area contributed by atoms with E-state index < -0.39 is 5.60 Å². The summed E-state index contributed by atoms with van der Waals surface area (Å²) >= 11 is 0. The van der Waals surface area contributed by atoms with E-state index in [2.05, 4.69) is 12.2 Å². The number of rotatable bonds is 6. The SMILES string of the molecule is CCOc1ccc(C(C)NCC(C)(C)O)cc1. The molecule has 0 aliphatic heterocycles. The highest BCUT2D eigenvalue weighted by Gasteiger charge is 2.14. The van der Waals surface area contributed by atoms with Crippen LogP contribution >= 0.6 is 0 Å². The van der Waals surface area contributed by atoms with Crippen LogP contribution in [-0.2, 0) is 0 Å². The lowest BCUT2D eigenvalue weighted by molar-refractivity contribution is 0.0770. The molecule has 0 saturated carbocycles. The van der Waals surface area contributed by atoms with Gasteiger partial charge in [-0.15, -0.1) is 0 Å². The minimum absolute atomic E-state index is 0.220. The van der Waals surface area contributed by atoms with Gasteiger partial charge in [0.2, 0.25) is 0 Å². The summed E-state index contributed by atoms with van der Waals surface area (Å²) in [6.07, 6.45) is 0. The molecule has 0 saturated heterocycles. The monoisotopic (exact) mass is 237 g/mol. The molecule has 0 amide bonds. The van der Waals surface area contributed by atoms with E-state index in [1.54, 1.807) is 13.8 Å². The zero-order chi connectivity index (χ0) is 12.9. The van der Waals surface area contributed by atoms with Crippen LogP contribution in [-0.4, -0.2) is 23.9 Å². The Balaban J connectivity index is 2.54. The third-order valence-corrected chi connectivity index (χ3v) is 2.53. The van der Waals surface area contributed by atoms with E-state index in [9.17, 15) is 5.11 Å². The van der Waals surface area contributed by atoms with Gasteiger partial charge in [0.1, 0.15) is 5.75 Å². The van der Waals surface area contributed by atoms with Crippen molar-refractivity contribution in [2.24, 2.45) is 0 Å². The molecule has 3 nitrogen and oxygen atoms in total. The van der Waals surface area contributed by atoms with E-state index >= 15 is 0 Å². The van der Waals surface area contributed by atoms with Gasteiger partial charge >= 0.3 is 0 Å². The molecule has 1 aromatic carbocycles. The molecular weight excluding hydrogens is 214 g/mol. The highest BCUT2D eigenvalue weighted by Crippen LogP contribution is 2.18. The van der Waals surface area contributed by atoms with Gasteiger partial charge in [-0.3, -0.25) is 0 Å². The van der Waals surface area contributed by atoms with Crippen molar-refractivity contribution >= 4 is 0 Å². The topological polar surface area (TPSA) is 41.5 Å². The number of benzene rings is 1. The number of aliphatic hydroxyl groups is 1. The molecule has 1 aromatic rings. The maximum atomic E-state index is 9.65. The van der Waals surface area contributed by atoms with Crippen LogP contribution in [0.5, 0.6) is 5.75 Å². The summed E-state index contributed by atoms with van der Waals surface area (Å²) in [6, 6.07) is 8.26. The van der Waals surface area contributed by atoms with E-state index in [1.807, 2.05) is 31.2 Å². The van der Waals surface area contributed by atoms with Crippen LogP contribution in [0.1, 0.15) is 39.3 Å². The minimum Gasteiger partial charge on any atom is -0.494 e. The van der Waals surface area contributed by atoms with Crippen LogP contribution in [0.3, 0.4) is 0 Å². The Bertz CT molecular complexity index is 327. The van der Waals surface area contributed by atoms with Crippen molar-refractivity contribution in [2.75, 3.05) is 13.2 Å². The second-order valence-corrected chi connectivity index (χ2v) is 4.92. The minimum atomic E-state index is -0.681. The van der Waals surface area contributed by atoms with Crippen LogP contribution in [0.4, 0.5) is 0 Å². The van der Waals surface area contributed by atoms with Gasteiger partial charge in [0.25, 0.3) is 0 Å². The number of nitrogens with one attached hydrogen (secondary N) is 1. The summed E-state index contributed by atoms with van der Waals surface area (Å²) in [5.41, 5.74) is 0.511. The molecule has 0 spiro atoms. The first-order valence-corrected chi connectivity index (χ1v) is 6.11. The summed E-state index contributed by atoms with van der Waals surface area (Å²) in [4.78, 5) is 0. The Morgan fingerprint density at radius 1 is 1.29 bits per heavy atom. The van der Waals surface area contributed by atoms with Crippen molar-refractivity contribution in [2.45, 2.75) is 39.3 Å². The highest BCUT2D eigenvalue weighted by atomic mass is 16.5. The Hall–Kier alpha value is -1.06. The first-order valence-electron chi connectivity index (χ1n) is 6.11. The maximum Gasteiger partial charge on any atom is 0.119 e. The summed E-state index contributed by atoms with van der Waals surface area (Å²) in [6.45, 7) is 8.91. The van der Waals surface area contributed by atoms with Gasteiger partial charge in [-0.25, -0.2) is 0 Å². The Morgan fingerprint density at radius 2 is 1.88 bits per heavy atom.